The SMILES string of the molecule is CN(C)CC(N)c1cc(F)cc(-c2ccnc3[nH]c(-c4n[nH]c5ncc(-c6cncc(OCc7ccccc7)c6)cc45)cc23)c1. The van der Waals surface area contributed by atoms with E-state index in [1.54, 1.807) is 24.8 Å². The maximum absolute atomic E-state index is 14.8. The van der Waals surface area contributed by atoms with E-state index in [1.165, 1.54) is 12.1 Å². The molecule has 1 atom stereocenters. The van der Waals surface area contributed by atoms with Gasteiger partial charge in [-0.05, 0) is 78.8 Å². The average Bonchev–Trinajstić information content (AvgIpc) is 3.68. The minimum Gasteiger partial charge on any atom is -0.487 e. The fourth-order valence-corrected chi connectivity index (χ4v) is 5.55. The number of hydrogen-bond donors (Lipinski definition) is 3. The molecule has 7 rings (SSSR count). The summed E-state index contributed by atoms with van der Waals surface area (Å²) in [6, 6.07) is 22.5. The van der Waals surface area contributed by atoms with E-state index in [0.29, 0.717) is 35.9 Å². The van der Waals surface area contributed by atoms with Crippen molar-refractivity contribution < 1.29 is 9.13 Å². The second-order valence-electron chi connectivity index (χ2n) is 11.3. The molecular weight excluding hydrogens is 567 g/mol. The molecule has 0 bridgehead atoms. The van der Waals surface area contributed by atoms with Crippen molar-refractivity contribution in [2.75, 3.05) is 20.6 Å². The number of nitrogens with zero attached hydrogens (tertiary/aromatic N) is 5. The first-order valence-electron chi connectivity index (χ1n) is 14.6. The second kappa shape index (κ2) is 11.9. The Labute approximate surface area is 258 Å². The molecule has 45 heavy (non-hydrogen) atoms. The van der Waals surface area contributed by atoms with Crippen LogP contribution >= 0.6 is 0 Å². The van der Waals surface area contributed by atoms with Crippen molar-refractivity contribution in [3.63, 3.8) is 0 Å². The van der Waals surface area contributed by atoms with E-state index in [4.69, 9.17) is 10.5 Å². The van der Waals surface area contributed by atoms with Crippen LogP contribution in [0.15, 0.2) is 97.6 Å². The Balaban J connectivity index is 1.22. The molecule has 0 aliphatic rings. The number of ether oxygens (including phenoxy) is 1. The molecule has 5 aromatic heterocycles. The summed E-state index contributed by atoms with van der Waals surface area (Å²) >= 11 is 0. The molecule has 9 nitrogen and oxygen atoms in total. The first kappa shape index (κ1) is 28.3. The Kier molecular flexibility index (Phi) is 7.50. The third-order valence-corrected chi connectivity index (χ3v) is 7.72. The van der Waals surface area contributed by atoms with Gasteiger partial charge in [-0.1, -0.05) is 30.3 Å². The van der Waals surface area contributed by atoms with E-state index in [2.05, 4.69) is 30.1 Å². The molecule has 224 valence electrons. The monoisotopic (exact) mass is 598 g/mol. The highest BCUT2D eigenvalue weighted by molar-refractivity contribution is 5.99. The normalized spacial score (nSPS) is 12.3. The topological polar surface area (TPSA) is 122 Å². The highest BCUT2D eigenvalue weighted by Gasteiger charge is 2.17. The van der Waals surface area contributed by atoms with E-state index >= 15 is 0 Å². The lowest BCUT2D eigenvalue weighted by atomic mass is 9.98. The molecule has 0 radical (unpaired) electrons. The molecule has 0 aliphatic carbocycles. The molecule has 0 saturated carbocycles. The zero-order valence-corrected chi connectivity index (χ0v) is 24.8. The summed E-state index contributed by atoms with van der Waals surface area (Å²) in [6.45, 7) is 1.05. The van der Waals surface area contributed by atoms with Gasteiger partial charge in [-0.2, -0.15) is 5.10 Å². The number of aromatic nitrogens is 6. The molecule has 4 N–H and O–H groups in total. The number of fused-ring (bicyclic) bond motifs is 2. The Morgan fingerprint density at radius 1 is 0.867 bits per heavy atom. The summed E-state index contributed by atoms with van der Waals surface area (Å²) in [4.78, 5) is 19.0. The number of benzene rings is 2. The van der Waals surface area contributed by atoms with Crippen LogP contribution in [0, 0.1) is 5.82 Å². The quantitative estimate of drug-likeness (QED) is 0.173. The lowest BCUT2D eigenvalue weighted by Crippen LogP contribution is -2.26. The molecule has 10 heteroatoms. The lowest BCUT2D eigenvalue weighted by Gasteiger charge is -2.18. The number of pyridine rings is 3. The van der Waals surface area contributed by atoms with Gasteiger partial charge in [0.25, 0.3) is 0 Å². The molecule has 0 saturated heterocycles. The van der Waals surface area contributed by atoms with Crippen LogP contribution in [-0.2, 0) is 6.61 Å². The van der Waals surface area contributed by atoms with Crippen LogP contribution in [0.5, 0.6) is 5.75 Å². The third-order valence-electron chi connectivity index (χ3n) is 7.72. The first-order chi connectivity index (χ1) is 21.9. The van der Waals surface area contributed by atoms with Gasteiger partial charge in [-0.3, -0.25) is 10.1 Å². The molecule has 0 spiro atoms. The van der Waals surface area contributed by atoms with Crippen LogP contribution in [0.2, 0.25) is 0 Å². The molecule has 0 aliphatic heterocycles. The fraction of sp³-hybridized carbons (Fsp3) is 0.143. The average molecular weight is 599 g/mol. The Morgan fingerprint density at radius 2 is 1.71 bits per heavy atom. The fourth-order valence-electron chi connectivity index (χ4n) is 5.55. The van der Waals surface area contributed by atoms with Gasteiger partial charge in [0.15, 0.2) is 5.65 Å². The van der Waals surface area contributed by atoms with Crippen LogP contribution < -0.4 is 10.5 Å². The Bertz CT molecular complexity index is 2120. The van der Waals surface area contributed by atoms with Gasteiger partial charge in [0.2, 0.25) is 0 Å². The van der Waals surface area contributed by atoms with Crippen molar-refractivity contribution in [3.8, 4) is 39.4 Å². The van der Waals surface area contributed by atoms with Gasteiger partial charge in [0, 0.05) is 53.1 Å². The zero-order chi connectivity index (χ0) is 30.9. The molecule has 1 unspecified atom stereocenters. The molecule has 5 heterocycles. The van der Waals surface area contributed by atoms with Crippen molar-refractivity contribution in [1.29, 1.82) is 0 Å². The molecule has 0 fully saturated rings. The minimum atomic E-state index is -0.335. The van der Waals surface area contributed by atoms with Crippen LogP contribution in [0.25, 0.3) is 55.7 Å². The number of hydrogen-bond acceptors (Lipinski definition) is 7. The van der Waals surface area contributed by atoms with Gasteiger partial charge in [-0.15, -0.1) is 0 Å². The summed E-state index contributed by atoms with van der Waals surface area (Å²) in [6.07, 6.45) is 6.99. The lowest BCUT2D eigenvalue weighted by molar-refractivity contribution is 0.305. The molecule has 7 aromatic rings. The van der Waals surface area contributed by atoms with Crippen LogP contribution in [-0.4, -0.2) is 55.7 Å². The van der Waals surface area contributed by atoms with E-state index in [9.17, 15) is 4.39 Å². The van der Waals surface area contributed by atoms with Crippen molar-refractivity contribution in [3.05, 3.63) is 115 Å². The molecular formula is C35H31FN8O. The van der Waals surface area contributed by atoms with Crippen LogP contribution in [0.3, 0.4) is 0 Å². The number of rotatable bonds is 9. The summed E-state index contributed by atoms with van der Waals surface area (Å²) in [5.74, 6) is 0.333. The van der Waals surface area contributed by atoms with Crippen LogP contribution in [0.4, 0.5) is 4.39 Å². The van der Waals surface area contributed by atoms with Crippen LogP contribution in [0.1, 0.15) is 17.2 Å². The maximum atomic E-state index is 14.8. The predicted molar refractivity (Wildman–Crippen MR) is 174 cm³/mol. The van der Waals surface area contributed by atoms with Gasteiger partial charge in [-0.25, -0.2) is 14.4 Å². The minimum absolute atomic E-state index is 0.322. The summed E-state index contributed by atoms with van der Waals surface area (Å²) in [5.41, 5.74) is 14.3. The van der Waals surface area contributed by atoms with Crippen molar-refractivity contribution in [1.82, 2.24) is 35.0 Å². The van der Waals surface area contributed by atoms with E-state index in [0.717, 1.165) is 49.8 Å². The largest absolute Gasteiger partial charge is 0.487 e. The highest BCUT2D eigenvalue weighted by atomic mass is 19.1. The smallest absolute Gasteiger partial charge is 0.155 e. The van der Waals surface area contributed by atoms with E-state index in [-0.39, 0.29) is 11.9 Å². The van der Waals surface area contributed by atoms with Crippen molar-refractivity contribution in [2.24, 2.45) is 5.73 Å². The van der Waals surface area contributed by atoms with Gasteiger partial charge in [0.05, 0.1) is 11.9 Å². The van der Waals surface area contributed by atoms with Crippen molar-refractivity contribution >= 4 is 22.1 Å². The van der Waals surface area contributed by atoms with Gasteiger partial charge >= 0.3 is 0 Å². The number of H-pyrrole nitrogens is 2. The van der Waals surface area contributed by atoms with Crippen molar-refractivity contribution in [2.45, 2.75) is 12.6 Å². The zero-order valence-electron chi connectivity index (χ0n) is 24.8. The second-order valence-corrected chi connectivity index (χ2v) is 11.3. The molecule has 2 aromatic carbocycles. The number of nitrogens with one attached hydrogen (secondary N) is 2. The standard InChI is InChI=1S/C35H31FN8O/c1-44(2)19-31(37)23-10-22(11-26(36)12-23)28-8-9-39-34-29(28)15-32(41-34)33-30-14-25(17-40-35(30)43-42-33)24-13-27(18-38-16-24)45-20-21-6-4-3-5-7-21/h3-18,31H,19-20,37H2,1-2H3,(H,39,41)(H,40,42,43). The number of likely N-dealkylation sites (N-methyl/N-ethyl adjacent to an activating group) is 1. The summed E-state index contributed by atoms with van der Waals surface area (Å²) in [7, 11) is 3.89. The third kappa shape index (κ3) is 5.88. The molecule has 0 amide bonds. The first-order valence-corrected chi connectivity index (χ1v) is 14.6. The van der Waals surface area contributed by atoms with Gasteiger partial charge in [0.1, 0.15) is 29.5 Å². The number of nitrogens with two attached hydrogens (primary N) is 1. The summed E-state index contributed by atoms with van der Waals surface area (Å²) in [5, 5.41) is 9.31. The van der Waals surface area contributed by atoms with Gasteiger partial charge < -0.3 is 20.4 Å². The van der Waals surface area contributed by atoms with E-state index < -0.39 is 0 Å². The number of halogens is 1. The maximum Gasteiger partial charge on any atom is 0.155 e. The highest BCUT2D eigenvalue weighted by Crippen LogP contribution is 2.35. The Morgan fingerprint density at radius 3 is 2.56 bits per heavy atom. The number of aromatic amines is 2. The Hall–Kier alpha value is -5.45. The predicted octanol–water partition coefficient (Wildman–Crippen LogP) is 6.51. The van der Waals surface area contributed by atoms with E-state index in [1.807, 2.05) is 79.7 Å². The summed E-state index contributed by atoms with van der Waals surface area (Å²) < 4.78 is 20.8.